The Kier molecular flexibility index (Phi) is 6.05. The lowest BCUT2D eigenvalue weighted by Crippen LogP contribution is -2.11. The van der Waals surface area contributed by atoms with E-state index in [0.717, 1.165) is 18.6 Å². The van der Waals surface area contributed by atoms with Crippen molar-refractivity contribution in [1.29, 1.82) is 5.41 Å². The van der Waals surface area contributed by atoms with Gasteiger partial charge in [0.05, 0.1) is 13.2 Å². The summed E-state index contributed by atoms with van der Waals surface area (Å²) in [7, 11) is 0. The Morgan fingerprint density at radius 3 is 2.56 bits per heavy atom. The number of unbranched alkanes of at least 4 members (excludes halogenated alkanes) is 2. The summed E-state index contributed by atoms with van der Waals surface area (Å²) < 4.78 is 11.2. The molecule has 0 fully saturated rings. The van der Waals surface area contributed by atoms with Gasteiger partial charge in [-0.3, -0.25) is 5.41 Å². The zero-order chi connectivity index (χ0) is 13.4. The minimum Gasteiger partial charge on any atom is -0.490 e. The number of benzene rings is 1. The van der Waals surface area contributed by atoms with Crippen molar-refractivity contribution in [3.63, 3.8) is 0 Å². The predicted octanol–water partition coefficient (Wildman–Crippen LogP) is 2.94. The van der Waals surface area contributed by atoms with E-state index >= 15 is 0 Å². The Bertz CT molecular complexity index is 391. The minimum absolute atomic E-state index is 0.0356. The second-order valence-electron chi connectivity index (χ2n) is 4.06. The standard InChI is InChI=1S/C14H22N2O2/c1-3-5-6-9-18-12-8-7-11(14(15)16)10-13(12)17-4-2/h7-8,10H,3-6,9H2,1-2H3,(H3,15,16). The average molecular weight is 250 g/mol. The van der Waals surface area contributed by atoms with Crippen LogP contribution in [0.15, 0.2) is 18.2 Å². The van der Waals surface area contributed by atoms with Crippen LogP contribution < -0.4 is 15.2 Å². The van der Waals surface area contributed by atoms with Gasteiger partial charge >= 0.3 is 0 Å². The summed E-state index contributed by atoms with van der Waals surface area (Å²) in [5, 5.41) is 7.41. The highest BCUT2D eigenvalue weighted by Crippen LogP contribution is 2.28. The fraction of sp³-hybridized carbons (Fsp3) is 0.500. The molecule has 0 spiro atoms. The van der Waals surface area contributed by atoms with Crippen molar-refractivity contribution in [1.82, 2.24) is 0 Å². The largest absolute Gasteiger partial charge is 0.490 e. The number of amidine groups is 1. The first kappa shape index (κ1) is 14.4. The number of hydrogen-bond donors (Lipinski definition) is 2. The van der Waals surface area contributed by atoms with Gasteiger partial charge in [-0.15, -0.1) is 0 Å². The fourth-order valence-electron chi connectivity index (χ4n) is 1.60. The Hall–Kier alpha value is -1.71. The molecule has 1 aromatic carbocycles. The first-order chi connectivity index (χ1) is 8.69. The van der Waals surface area contributed by atoms with E-state index in [1.54, 1.807) is 12.1 Å². The Morgan fingerprint density at radius 2 is 1.94 bits per heavy atom. The van der Waals surface area contributed by atoms with E-state index in [9.17, 15) is 0 Å². The van der Waals surface area contributed by atoms with E-state index in [4.69, 9.17) is 20.6 Å². The van der Waals surface area contributed by atoms with E-state index in [2.05, 4.69) is 6.92 Å². The van der Waals surface area contributed by atoms with Gasteiger partial charge in [0.2, 0.25) is 0 Å². The van der Waals surface area contributed by atoms with Crippen molar-refractivity contribution in [2.45, 2.75) is 33.1 Å². The molecule has 1 rings (SSSR count). The molecule has 0 aliphatic rings. The van der Waals surface area contributed by atoms with Crippen molar-refractivity contribution < 1.29 is 9.47 Å². The lowest BCUT2D eigenvalue weighted by Gasteiger charge is -2.13. The molecule has 0 heterocycles. The van der Waals surface area contributed by atoms with Gasteiger partial charge in [0.15, 0.2) is 11.5 Å². The number of rotatable bonds is 8. The average Bonchev–Trinajstić information content (AvgIpc) is 2.36. The molecule has 0 aliphatic carbocycles. The van der Waals surface area contributed by atoms with Crippen molar-refractivity contribution in [2.24, 2.45) is 5.73 Å². The van der Waals surface area contributed by atoms with Gasteiger partial charge in [0, 0.05) is 5.56 Å². The topological polar surface area (TPSA) is 68.3 Å². The molecule has 4 nitrogen and oxygen atoms in total. The van der Waals surface area contributed by atoms with Crippen LogP contribution in [-0.4, -0.2) is 19.0 Å². The quantitative estimate of drug-likeness (QED) is 0.423. The van der Waals surface area contributed by atoms with Gasteiger partial charge in [0.25, 0.3) is 0 Å². The maximum Gasteiger partial charge on any atom is 0.161 e. The molecule has 4 heteroatoms. The Morgan fingerprint density at radius 1 is 1.17 bits per heavy atom. The van der Waals surface area contributed by atoms with Gasteiger partial charge in [-0.25, -0.2) is 0 Å². The maximum atomic E-state index is 7.41. The highest BCUT2D eigenvalue weighted by Gasteiger charge is 2.07. The summed E-state index contributed by atoms with van der Waals surface area (Å²) in [5.74, 6) is 1.41. The van der Waals surface area contributed by atoms with E-state index in [1.165, 1.54) is 6.42 Å². The van der Waals surface area contributed by atoms with Crippen molar-refractivity contribution in [3.05, 3.63) is 23.8 Å². The van der Waals surface area contributed by atoms with E-state index < -0.39 is 0 Å². The number of nitrogens with two attached hydrogens (primary N) is 1. The van der Waals surface area contributed by atoms with Crippen molar-refractivity contribution >= 4 is 5.84 Å². The molecule has 0 saturated heterocycles. The molecule has 1 aromatic rings. The monoisotopic (exact) mass is 250 g/mol. The molecule has 0 aromatic heterocycles. The molecule has 0 unspecified atom stereocenters. The number of nitrogen functional groups attached to an aromatic ring is 1. The van der Waals surface area contributed by atoms with Crippen LogP contribution in [0, 0.1) is 5.41 Å². The molecule has 3 N–H and O–H groups in total. The lowest BCUT2D eigenvalue weighted by atomic mass is 10.2. The van der Waals surface area contributed by atoms with Crippen LogP contribution in [0.2, 0.25) is 0 Å². The molecule has 18 heavy (non-hydrogen) atoms. The second kappa shape index (κ2) is 7.58. The lowest BCUT2D eigenvalue weighted by molar-refractivity contribution is 0.271. The van der Waals surface area contributed by atoms with E-state index in [-0.39, 0.29) is 5.84 Å². The smallest absolute Gasteiger partial charge is 0.161 e. The number of nitrogens with one attached hydrogen (secondary N) is 1. The summed E-state index contributed by atoms with van der Waals surface area (Å²) >= 11 is 0. The third-order valence-corrected chi connectivity index (χ3v) is 2.56. The molecular formula is C14H22N2O2. The van der Waals surface area contributed by atoms with Gasteiger partial charge in [-0.1, -0.05) is 19.8 Å². The summed E-state index contributed by atoms with van der Waals surface area (Å²) in [4.78, 5) is 0. The van der Waals surface area contributed by atoms with Gasteiger partial charge in [-0.05, 0) is 31.5 Å². The van der Waals surface area contributed by atoms with Gasteiger partial charge < -0.3 is 15.2 Å². The number of ether oxygens (including phenoxy) is 2. The van der Waals surface area contributed by atoms with Crippen LogP contribution >= 0.6 is 0 Å². The third-order valence-electron chi connectivity index (χ3n) is 2.56. The van der Waals surface area contributed by atoms with E-state index in [1.807, 2.05) is 13.0 Å². The summed E-state index contributed by atoms with van der Waals surface area (Å²) in [6.07, 6.45) is 3.37. The summed E-state index contributed by atoms with van der Waals surface area (Å²) in [6.45, 7) is 5.33. The van der Waals surface area contributed by atoms with Gasteiger partial charge in [0.1, 0.15) is 5.84 Å². The number of hydrogen-bond acceptors (Lipinski definition) is 3. The predicted molar refractivity (Wildman–Crippen MR) is 73.6 cm³/mol. The Labute approximate surface area is 109 Å². The summed E-state index contributed by atoms with van der Waals surface area (Å²) in [6, 6.07) is 5.34. The minimum atomic E-state index is 0.0356. The normalized spacial score (nSPS) is 10.1. The maximum absolute atomic E-state index is 7.41. The molecule has 0 bridgehead atoms. The van der Waals surface area contributed by atoms with Crippen molar-refractivity contribution in [2.75, 3.05) is 13.2 Å². The highest BCUT2D eigenvalue weighted by atomic mass is 16.5. The van der Waals surface area contributed by atoms with Crippen LogP contribution in [-0.2, 0) is 0 Å². The zero-order valence-corrected chi connectivity index (χ0v) is 11.2. The van der Waals surface area contributed by atoms with Gasteiger partial charge in [-0.2, -0.15) is 0 Å². The molecule has 0 amide bonds. The molecule has 100 valence electrons. The van der Waals surface area contributed by atoms with Crippen LogP contribution in [0.3, 0.4) is 0 Å². The van der Waals surface area contributed by atoms with Crippen LogP contribution in [0.5, 0.6) is 11.5 Å². The third kappa shape index (κ3) is 4.28. The van der Waals surface area contributed by atoms with Crippen molar-refractivity contribution in [3.8, 4) is 11.5 Å². The van der Waals surface area contributed by atoms with Crippen LogP contribution in [0.4, 0.5) is 0 Å². The zero-order valence-electron chi connectivity index (χ0n) is 11.2. The first-order valence-electron chi connectivity index (χ1n) is 6.43. The molecule has 0 atom stereocenters. The summed E-state index contributed by atoms with van der Waals surface area (Å²) in [5.41, 5.74) is 6.11. The van der Waals surface area contributed by atoms with Crippen LogP contribution in [0.1, 0.15) is 38.7 Å². The molecule has 0 radical (unpaired) electrons. The fourth-order valence-corrected chi connectivity index (χ4v) is 1.60. The first-order valence-corrected chi connectivity index (χ1v) is 6.43. The highest BCUT2D eigenvalue weighted by molar-refractivity contribution is 5.95. The van der Waals surface area contributed by atoms with E-state index in [0.29, 0.717) is 24.5 Å². The second-order valence-corrected chi connectivity index (χ2v) is 4.06. The Balaban J connectivity index is 2.73. The molecule has 0 aliphatic heterocycles. The molecular weight excluding hydrogens is 228 g/mol. The van der Waals surface area contributed by atoms with Crippen LogP contribution in [0.25, 0.3) is 0 Å². The SMILES string of the molecule is CCCCCOc1ccc(C(=N)N)cc1OCC. The molecule has 0 saturated carbocycles.